The zero-order valence-corrected chi connectivity index (χ0v) is 29.7. The molecule has 1 aromatic heterocycles. The number of hydrogen-bond acceptors (Lipinski definition) is 7. The third kappa shape index (κ3) is 10.8. The molecule has 7 atom stereocenters. The van der Waals surface area contributed by atoms with E-state index in [0.717, 1.165) is 16.5 Å². The van der Waals surface area contributed by atoms with Crippen molar-refractivity contribution in [2.24, 2.45) is 23.5 Å². The molecule has 1 saturated heterocycles. The van der Waals surface area contributed by atoms with Crippen molar-refractivity contribution in [2.75, 3.05) is 6.54 Å². The number of carbonyl (C=O) groups is 7. The number of aromatic nitrogens is 1. The second-order valence-electron chi connectivity index (χ2n) is 13.6. The number of benzene rings is 1. The van der Waals surface area contributed by atoms with Crippen LogP contribution in [0, 0.1) is 17.8 Å². The Bertz CT molecular complexity index is 1560. The Hall–Kier alpha value is -4.95. The van der Waals surface area contributed by atoms with Crippen LogP contribution in [0.15, 0.2) is 30.5 Å². The van der Waals surface area contributed by atoms with Gasteiger partial charge in [-0.3, -0.25) is 33.6 Å². The molecule has 0 spiro atoms. The van der Waals surface area contributed by atoms with Gasteiger partial charge in [-0.15, -0.1) is 0 Å². The first-order valence-corrected chi connectivity index (χ1v) is 17.3. The number of fused-ring (bicyclic) bond motifs is 1. The number of H-pyrrole nitrogens is 1. The lowest BCUT2D eigenvalue weighted by molar-refractivity contribution is -0.137. The quantitative estimate of drug-likeness (QED) is 0.173. The highest BCUT2D eigenvalue weighted by Crippen LogP contribution is 2.20. The Labute approximate surface area is 292 Å². The highest BCUT2D eigenvalue weighted by atomic mass is 16.2. The first kappa shape index (κ1) is 39.5. The molecule has 1 aromatic carbocycles. The molecule has 2 aromatic rings. The van der Waals surface area contributed by atoms with E-state index in [9.17, 15) is 33.6 Å². The number of carbonyl (C=O) groups excluding carboxylic acids is 7. The van der Waals surface area contributed by atoms with E-state index in [-0.39, 0.29) is 24.7 Å². The molecule has 1 fully saturated rings. The van der Waals surface area contributed by atoms with E-state index in [2.05, 4.69) is 36.9 Å². The average molecular weight is 697 g/mol. The maximum Gasteiger partial charge on any atom is 0.243 e. The molecule has 15 nitrogen and oxygen atoms in total. The van der Waals surface area contributed by atoms with Crippen molar-refractivity contribution in [3.05, 3.63) is 36.0 Å². The fourth-order valence-corrected chi connectivity index (χ4v) is 5.81. The molecule has 9 N–H and O–H groups in total. The smallest absolute Gasteiger partial charge is 0.243 e. The van der Waals surface area contributed by atoms with Gasteiger partial charge in [0.2, 0.25) is 41.4 Å². The number of nitrogens with one attached hydrogen (secondary N) is 7. The molecule has 0 bridgehead atoms. The van der Waals surface area contributed by atoms with Gasteiger partial charge in [0.1, 0.15) is 30.2 Å². The van der Waals surface area contributed by atoms with E-state index in [1.807, 2.05) is 52.0 Å². The Balaban J connectivity index is 2.06. The molecule has 7 amide bonds. The summed E-state index contributed by atoms with van der Waals surface area (Å²) in [6.07, 6.45) is 2.40. The number of amides is 7. The van der Waals surface area contributed by atoms with Gasteiger partial charge in [0, 0.05) is 23.5 Å². The SMILES string of the molecule is CCC(C)C1NC(=O)[C@@H](C(C)CC)NC(=O)[C@H](CC(C)C)NC(=O)[C@H](Cc2c[nH]c3ccccc23)NC(=O)CNC(=O)C(CC(N)=O)NC1=O. The predicted octanol–water partition coefficient (Wildman–Crippen LogP) is 0.278. The molecule has 0 aliphatic carbocycles. The summed E-state index contributed by atoms with van der Waals surface area (Å²) in [7, 11) is 0. The van der Waals surface area contributed by atoms with E-state index in [1.54, 1.807) is 20.0 Å². The summed E-state index contributed by atoms with van der Waals surface area (Å²) in [6, 6.07) is 1.53. The van der Waals surface area contributed by atoms with Gasteiger partial charge in [-0.05, 0) is 35.8 Å². The van der Waals surface area contributed by atoms with Crippen molar-refractivity contribution in [1.29, 1.82) is 0 Å². The maximum atomic E-state index is 13.9. The minimum atomic E-state index is -1.46. The van der Waals surface area contributed by atoms with Gasteiger partial charge in [-0.2, -0.15) is 0 Å². The second-order valence-corrected chi connectivity index (χ2v) is 13.6. The summed E-state index contributed by atoms with van der Waals surface area (Å²) in [6.45, 7) is 10.4. The number of rotatable bonds is 10. The van der Waals surface area contributed by atoms with Crippen LogP contribution in [0.3, 0.4) is 0 Å². The van der Waals surface area contributed by atoms with E-state index in [0.29, 0.717) is 12.8 Å². The standard InChI is InChI=1S/C35H52N8O7/c1-7-19(5)29-34(49)41-26(15-27(36)44)31(46)38-17-28(45)39-25(14-21-16-37-23-12-10-9-11-22(21)23)32(47)40-24(13-18(3)4)33(48)42-30(20(6)8-2)35(50)43-29/h9-12,16,18-20,24-26,29-30,37H,7-8,13-15,17H2,1-6H3,(H2,36,44)(H,38,46)(H,39,45)(H,40,47)(H,41,49)(H,42,48)(H,43,50)/t19?,20?,24-,25-,26?,29?,30+/m0/s1. The molecule has 1 aliphatic rings. The molecule has 274 valence electrons. The van der Waals surface area contributed by atoms with Gasteiger partial charge in [0.25, 0.3) is 0 Å². The largest absolute Gasteiger partial charge is 0.370 e. The summed E-state index contributed by atoms with van der Waals surface area (Å²) < 4.78 is 0. The highest BCUT2D eigenvalue weighted by Gasteiger charge is 2.36. The van der Waals surface area contributed by atoms with Crippen molar-refractivity contribution < 1.29 is 33.6 Å². The van der Waals surface area contributed by atoms with E-state index >= 15 is 0 Å². The summed E-state index contributed by atoms with van der Waals surface area (Å²) in [4.78, 5) is 96.7. The fraction of sp³-hybridized carbons (Fsp3) is 0.571. The minimum Gasteiger partial charge on any atom is -0.370 e. The third-order valence-electron chi connectivity index (χ3n) is 9.14. The zero-order chi connectivity index (χ0) is 37.1. The number of primary amides is 1. The van der Waals surface area contributed by atoms with Gasteiger partial charge < -0.3 is 42.6 Å². The Morgan fingerprint density at radius 2 is 1.30 bits per heavy atom. The topological polar surface area (TPSA) is 233 Å². The first-order chi connectivity index (χ1) is 23.6. The summed E-state index contributed by atoms with van der Waals surface area (Å²) in [5.41, 5.74) is 6.94. The Morgan fingerprint density at radius 3 is 1.90 bits per heavy atom. The molecule has 2 heterocycles. The second kappa shape index (κ2) is 18.2. The van der Waals surface area contributed by atoms with Gasteiger partial charge in [0.15, 0.2) is 0 Å². The van der Waals surface area contributed by atoms with Gasteiger partial charge in [-0.25, -0.2) is 0 Å². The molecular weight excluding hydrogens is 644 g/mol. The number of hydrogen-bond donors (Lipinski definition) is 8. The van der Waals surface area contributed by atoms with E-state index < -0.39 is 90.4 Å². The summed E-state index contributed by atoms with van der Waals surface area (Å²) in [5.74, 6) is -5.89. The number of nitrogens with two attached hydrogens (primary N) is 1. The van der Waals surface area contributed by atoms with Crippen LogP contribution in [0.1, 0.15) is 72.8 Å². The first-order valence-electron chi connectivity index (χ1n) is 17.3. The summed E-state index contributed by atoms with van der Waals surface area (Å²) >= 11 is 0. The lowest BCUT2D eigenvalue weighted by Crippen LogP contribution is -2.62. The molecule has 0 radical (unpaired) electrons. The molecule has 50 heavy (non-hydrogen) atoms. The van der Waals surface area contributed by atoms with Crippen LogP contribution >= 0.6 is 0 Å². The van der Waals surface area contributed by atoms with Crippen molar-refractivity contribution in [1.82, 2.24) is 36.9 Å². The monoisotopic (exact) mass is 696 g/mol. The van der Waals surface area contributed by atoms with Crippen molar-refractivity contribution in [3.8, 4) is 0 Å². The lowest BCUT2D eigenvalue weighted by Gasteiger charge is -2.31. The van der Waals surface area contributed by atoms with Crippen molar-refractivity contribution in [3.63, 3.8) is 0 Å². The van der Waals surface area contributed by atoms with Crippen molar-refractivity contribution in [2.45, 2.75) is 104 Å². The summed E-state index contributed by atoms with van der Waals surface area (Å²) in [5, 5.41) is 16.8. The molecule has 0 saturated carbocycles. The van der Waals surface area contributed by atoms with Gasteiger partial charge >= 0.3 is 0 Å². The fourth-order valence-electron chi connectivity index (χ4n) is 5.81. The highest BCUT2D eigenvalue weighted by molar-refractivity contribution is 5.99. The molecule has 3 rings (SSSR count). The predicted molar refractivity (Wildman–Crippen MR) is 187 cm³/mol. The molecule has 4 unspecified atom stereocenters. The van der Waals surface area contributed by atoms with Crippen LogP contribution in [-0.4, -0.2) is 83.1 Å². The maximum absolute atomic E-state index is 13.9. The normalized spacial score (nSPS) is 24.5. The van der Waals surface area contributed by atoms with Gasteiger partial charge in [0.05, 0.1) is 13.0 Å². The van der Waals surface area contributed by atoms with Crippen LogP contribution in [-0.2, 0) is 40.0 Å². The Morgan fingerprint density at radius 1 is 0.740 bits per heavy atom. The van der Waals surface area contributed by atoms with Crippen LogP contribution in [0.5, 0.6) is 0 Å². The van der Waals surface area contributed by atoms with Crippen LogP contribution < -0.4 is 37.6 Å². The minimum absolute atomic E-state index is 0.0384. The molecular formula is C35H52N8O7. The molecule has 1 aliphatic heterocycles. The van der Waals surface area contributed by atoms with Gasteiger partial charge in [-0.1, -0.05) is 72.6 Å². The average Bonchev–Trinajstić information content (AvgIpc) is 3.48. The van der Waals surface area contributed by atoms with Crippen molar-refractivity contribution >= 4 is 52.3 Å². The van der Waals surface area contributed by atoms with E-state index in [4.69, 9.17) is 5.73 Å². The van der Waals surface area contributed by atoms with Crippen LogP contribution in [0.4, 0.5) is 0 Å². The van der Waals surface area contributed by atoms with Crippen LogP contribution in [0.2, 0.25) is 0 Å². The zero-order valence-electron chi connectivity index (χ0n) is 29.7. The van der Waals surface area contributed by atoms with E-state index in [1.165, 1.54) is 0 Å². The third-order valence-corrected chi connectivity index (χ3v) is 9.14. The number of para-hydroxylation sites is 1. The molecule has 15 heteroatoms. The lowest BCUT2D eigenvalue weighted by atomic mass is 9.94. The Kier molecular flexibility index (Phi) is 14.3. The van der Waals surface area contributed by atoms with Crippen LogP contribution in [0.25, 0.3) is 10.9 Å². The number of aromatic amines is 1.